The zero-order valence-electron chi connectivity index (χ0n) is 15.3. The van der Waals surface area contributed by atoms with E-state index < -0.39 is 0 Å². The van der Waals surface area contributed by atoms with E-state index in [9.17, 15) is 0 Å². The number of rotatable bonds is 6. The van der Waals surface area contributed by atoms with Crippen LogP contribution in [0, 0.1) is 12.8 Å². The third-order valence-electron chi connectivity index (χ3n) is 4.44. The fourth-order valence-corrected chi connectivity index (χ4v) is 2.85. The highest BCUT2D eigenvalue weighted by Gasteiger charge is 2.15. The lowest BCUT2D eigenvalue weighted by molar-refractivity contribution is 0.0625. The van der Waals surface area contributed by atoms with Gasteiger partial charge in [-0.3, -0.25) is 0 Å². The molecule has 24 heavy (non-hydrogen) atoms. The third kappa shape index (κ3) is 7.38. The van der Waals surface area contributed by atoms with E-state index in [-0.39, 0.29) is 24.0 Å². The van der Waals surface area contributed by atoms with Crippen LogP contribution in [0.15, 0.2) is 29.3 Å². The van der Waals surface area contributed by atoms with Gasteiger partial charge in [0.1, 0.15) is 0 Å². The molecule has 1 N–H and O–H groups in total. The number of aryl methyl sites for hydroxylation is 1. The van der Waals surface area contributed by atoms with Gasteiger partial charge in [-0.15, -0.1) is 24.0 Å². The van der Waals surface area contributed by atoms with Gasteiger partial charge in [-0.2, -0.15) is 0 Å². The average molecular weight is 445 g/mol. The van der Waals surface area contributed by atoms with Crippen LogP contribution in [0.5, 0.6) is 0 Å². The van der Waals surface area contributed by atoms with Gasteiger partial charge in [0.2, 0.25) is 0 Å². The summed E-state index contributed by atoms with van der Waals surface area (Å²) < 4.78 is 5.44. The molecule has 0 unspecified atom stereocenters. The fourth-order valence-electron chi connectivity index (χ4n) is 2.85. The normalized spacial score (nSPS) is 15.7. The van der Waals surface area contributed by atoms with Crippen LogP contribution in [0.2, 0.25) is 0 Å². The molecule has 1 heterocycles. The molecule has 0 bridgehead atoms. The number of guanidine groups is 1. The van der Waals surface area contributed by atoms with Crippen LogP contribution in [0.1, 0.15) is 37.3 Å². The second-order valence-electron chi connectivity index (χ2n) is 6.42. The minimum Gasteiger partial charge on any atom is -0.381 e. The predicted octanol–water partition coefficient (Wildman–Crippen LogP) is 3.83. The van der Waals surface area contributed by atoms with Crippen LogP contribution < -0.4 is 5.32 Å². The summed E-state index contributed by atoms with van der Waals surface area (Å²) in [6.45, 7) is 8.75. The molecular weight excluding hydrogens is 413 g/mol. The van der Waals surface area contributed by atoms with Gasteiger partial charge >= 0.3 is 0 Å². The Balaban J connectivity index is 0.00000288. The Bertz CT molecular complexity index is 484. The summed E-state index contributed by atoms with van der Waals surface area (Å²) in [6, 6.07) is 8.61. The number of aliphatic imine (C=N–C) groups is 1. The van der Waals surface area contributed by atoms with Gasteiger partial charge < -0.3 is 15.0 Å². The molecule has 4 nitrogen and oxygen atoms in total. The number of nitrogens with one attached hydrogen (secondary N) is 1. The summed E-state index contributed by atoms with van der Waals surface area (Å²) in [4.78, 5) is 7.04. The van der Waals surface area contributed by atoms with Crippen LogP contribution in [-0.4, -0.2) is 44.2 Å². The van der Waals surface area contributed by atoms with Gasteiger partial charge in [-0.1, -0.05) is 29.8 Å². The summed E-state index contributed by atoms with van der Waals surface area (Å²) in [6.07, 6.45) is 3.62. The molecule has 0 aromatic heterocycles. The van der Waals surface area contributed by atoms with Gasteiger partial charge in [0, 0.05) is 33.4 Å². The summed E-state index contributed by atoms with van der Waals surface area (Å²) in [5.41, 5.74) is 2.54. The van der Waals surface area contributed by atoms with E-state index in [0.29, 0.717) is 0 Å². The van der Waals surface area contributed by atoms with Gasteiger partial charge in [-0.05, 0) is 44.6 Å². The lowest BCUT2D eigenvalue weighted by atomic mass is 9.96. The minimum atomic E-state index is 0. The molecule has 1 aromatic rings. The third-order valence-corrected chi connectivity index (χ3v) is 4.44. The summed E-state index contributed by atoms with van der Waals surface area (Å²) in [7, 11) is 2.13. The second-order valence-corrected chi connectivity index (χ2v) is 6.42. The van der Waals surface area contributed by atoms with Crippen LogP contribution in [0.25, 0.3) is 0 Å². The maximum atomic E-state index is 5.44. The monoisotopic (exact) mass is 445 g/mol. The first-order valence-corrected chi connectivity index (χ1v) is 8.81. The number of hydrogen-bond donors (Lipinski definition) is 1. The minimum absolute atomic E-state index is 0. The molecule has 0 spiro atoms. The van der Waals surface area contributed by atoms with Crippen molar-refractivity contribution < 1.29 is 4.74 Å². The van der Waals surface area contributed by atoms with Gasteiger partial charge in [-0.25, -0.2) is 4.99 Å². The number of benzene rings is 1. The van der Waals surface area contributed by atoms with E-state index in [2.05, 4.69) is 55.4 Å². The maximum absolute atomic E-state index is 5.44. The van der Waals surface area contributed by atoms with E-state index in [1.54, 1.807) is 0 Å². The molecule has 0 amide bonds. The van der Waals surface area contributed by atoms with Crippen molar-refractivity contribution in [3.63, 3.8) is 0 Å². The van der Waals surface area contributed by atoms with Crippen molar-refractivity contribution in [2.24, 2.45) is 10.9 Å². The van der Waals surface area contributed by atoms with E-state index in [1.807, 2.05) is 0 Å². The van der Waals surface area contributed by atoms with Crippen molar-refractivity contribution >= 4 is 29.9 Å². The van der Waals surface area contributed by atoms with Gasteiger partial charge in [0.25, 0.3) is 0 Å². The molecule has 1 fully saturated rings. The van der Waals surface area contributed by atoms with Crippen molar-refractivity contribution in [3.05, 3.63) is 35.4 Å². The van der Waals surface area contributed by atoms with E-state index >= 15 is 0 Å². The van der Waals surface area contributed by atoms with Crippen LogP contribution in [-0.2, 0) is 11.3 Å². The average Bonchev–Trinajstić information content (AvgIpc) is 2.59. The van der Waals surface area contributed by atoms with E-state index in [4.69, 9.17) is 9.73 Å². The molecule has 2 rings (SSSR count). The van der Waals surface area contributed by atoms with E-state index in [1.165, 1.54) is 30.4 Å². The van der Waals surface area contributed by atoms with Crippen LogP contribution in [0.3, 0.4) is 0 Å². The highest BCUT2D eigenvalue weighted by molar-refractivity contribution is 14.0. The summed E-state index contributed by atoms with van der Waals surface area (Å²) >= 11 is 0. The van der Waals surface area contributed by atoms with E-state index in [0.717, 1.165) is 44.7 Å². The highest BCUT2D eigenvalue weighted by Crippen LogP contribution is 2.18. The molecule has 0 atom stereocenters. The van der Waals surface area contributed by atoms with Crippen molar-refractivity contribution in [3.8, 4) is 0 Å². The lowest BCUT2D eigenvalue weighted by Crippen LogP contribution is -2.40. The molecule has 1 aliphatic rings. The number of nitrogens with zero attached hydrogens (tertiary/aromatic N) is 2. The predicted molar refractivity (Wildman–Crippen MR) is 112 cm³/mol. The summed E-state index contributed by atoms with van der Waals surface area (Å²) in [5.74, 6) is 1.80. The first-order chi connectivity index (χ1) is 11.2. The van der Waals surface area contributed by atoms with Crippen molar-refractivity contribution in [2.75, 3.05) is 33.4 Å². The molecule has 5 heteroatoms. The standard InChI is InChI=1S/C19H31N3O.HI/c1-4-20-19(21-15-18-7-5-16(2)6-8-18)22(3)12-9-17-10-13-23-14-11-17;/h5-8,17H,4,9-15H2,1-3H3,(H,20,21);1H. The molecule has 1 saturated heterocycles. The molecule has 0 saturated carbocycles. The molecular formula is C19H32IN3O. The first-order valence-electron chi connectivity index (χ1n) is 8.81. The lowest BCUT2D eigenvalue weighted by Gasteiger charge is -2.26. The molecule has 0 aliphatic carbocycles. The first kappa shape index (κ1) is 21.2. The zero-order chi connectivity index (χ0) is 16.5. The Morgan fingerprint density at radius 1 is 1.25 bits per heavy atom. The fraction of sp³-hybridized carbons (Fsp3) is 0.632. The van der Waals surface area contributed by atoms with Gasteiger partial charge in [0.15, 0.2) is 5.96 Å². The maximum Gasteiger partial charge on any atom is 0.193 e. The van der Waals surface area contributed by atoms with Crippen molar-refractivity contribution in [1.29, 1.82) is 0 Å². The quantitative estimate of drug-likeness (QED) is 0.411. The van der Waals surface area contributed by atoms with Crippen molar-refractivity contribution in [1.82, 2.24) is 10.2 Å². The largest absolute Gasteiger partial charge is 0.381 e. The SMILES string of the molecule is CCNC(=NCc1ccc(C)cc1)N(C)CCC1CCOCC1.I. The topological polar surface area (TPSA) is 36.9 Å². The summed E-state index contributed by atoms with van der Waals surface area (Å²) in [5, 5.41) is 3.40. The number of hydrogen-bond acceptors (Lipinski definition) is 2. The van der Waals surface area contributed by atoms with Crippen molar-refractivity contribution in [2.45, 2.75) is 39.7 Å². The zero-order valence-corrected chi connectivity index (χ0v) is 17.6. The Kier molecular flexibility index (Phi) is 10.3. The number of halogens is 1. The van der Waals surface area contributed by atoms with Gasteiger partial charge in [0.05, 0.1) is 6.54 Å². The Labute approximate surface area is 164 Å². The highest BCUT2D eigenvalue weighted by atomic mass is 127. The molecule has 136 valence electrons. The smallest absolute Gasteiger partial charge is 0.193 e. The molecule has 1 aromatic carbocycles. The Morgan fingerprint density at radius 3 is 2.54 bits per heavy atom. The second kappa shape index (κ2) is 11.7. The molecule has 1 aliphatic heterocycles. The Hall–Kier alpha value is -0.820. The van der Waals surface area contributed by atoms with Crippen LogP contribution >= 0.6 is 24.0 Å². The molecule has 0 radical (unpaired) electrons. The van der Waals surface area contributed by atoms with Crippen LogP contribution in [0.4, 0.5) is 0 Å². The number of ether oxygens (including phenoxy) is 1. The Morgan fingerprint density at radius 2 is 1.92 bits per heavy atom.